The van der Waals surface area contributed by atoms with E-state index >= 15 is 0 Å². The molecule has 0 N–H and O–H groups in total. The average Bonchev–Trinajstić information content (AvgIpc) is 4.11. The summed E-state index contributed by atoms with van der Waals surface area (Å²) in [5.41, 5.74) is 13.2. The Labute approximate surface area is 400 Å². The Morgan fingerprint density at radius 3 is 1.13 bits per heavy atom. The van der Waals surface area contributed by atoms with Gasteiger partial charge in [0.1, 0.15) is 0 Å². The van der Waals surface area contributed by atoms with Crippen molar-refractivity contribution in [3.05, 3.63) is 205 Å². The zero-order chi connectivity index (χ0) is 39.3. The van der Waals surface area contributed by atoms with E-state index in [1.807, 2.05) is 22.7 Å². The van der Waals surface area contributed by atoms with Crippen LogP contribution in [0.15, 0.2) is 194 Å². The maximum atomic E-state index is 2.35. The Hall–Kier alpha value is -4.60. The molecule has 2 heterocycles. The molecule has 2 aromatic heterocycles. The van der Waals surface area contributed by atoms with Crippen LogP contribution in [0.3, 0.4) is 0 Å². The summed E-state index contributed by atoms with van der Waals surface area (Å²) in [4.78, 5) is 5.28. The van der Waals surface area contributed by atoms with Crippen LogP contribution in [0.5, 0.6) is 0 Å². The predicted molar refractivity (Wildman–Crippen MR) is 255 cm³/mol. The number of halogens is 2. The Morgan fingerprint density at radius 2 is 0.754 bits per heavy atom. The number of rotatable bonds is 10. The Kier molecular flexibility index (Phi) is 16.2. The number of thiophene rings is 2. The van der Waals surface area contributed by atoms with E-state index in [4.69, 9.17) is 0 Å². The average molecular weight is 945 g/mol. The van der Waals surface area contributed by atoms with E-state index in [1.165, 1.54) is 110 Å². The van der Waals surface area contributed by atoms with Gasteiger partial charge in [0.25, 0.3) is 0 Å². The smallest absolute Gasteiger partial charge is 1.00 e. The number of aryl methyl sites for hydroxylation is 2. The normalized spacial score (nSPS) is 10.7. The van der Waals surface area contributed by atoms with Crippen molar-refractivity contribution in [1.82, 2.24) is 0 Å². The zero-order valence-electron chi connectivity index (χ0n) is 34.4. The van der Waals surface area contributed by atoms with Gasteiger partial charge in [-0.2, -0.15) is 22.7 Å². The Bertz CT molecular complexity index is 2690. The summed E-state index contributed by atoms with van der Waals surface area (Å²) in [6, 6.07) is 71.0. The fraction of sp³-hybridized carbons (Fsp3) is 0.107. The zero-order valence-corrected chi connectivity index (χ0v) is 40.0. The maximum Gasteiger partial charge on any atom is 4.00 e. The van der Waals surface area contributed by atoms with Crippen LogP contribution in [0.4, 0.5) is 0 Å². The van der Waals surface area contributed by atoms with E-state index < -0.39 is 0 Å². The van der Waals surface area contributed by atoms with Crippen LogP contribution in [0.2, 0.25) is 0 Å². The first-order chi connectivity index (χ1) is 28.6. The minimum absolute atomic E-state index is 0. The Balaban J connectivity index is 0.000000194. The molecule has 0 aliphatic heterocycles. The summed E-state index contributed by atoms with van der Waals surface area (Å²) < 4.78 is 0. The molecular weight excluding hydrogens is 899 g/mol. The molecule has 0 spiro atoms. The maximum absolute atomic E-state index is 2.35. The monoisotopic (exact) mass is 942 g/mol. The minimum atomic E-state index is 0. The van der Waals surface area contributed by atoms with Gasteiger partial charge < -0.3 is 24.8 Å². The minimum Gasteiger partial charge on any atom is -1.00 e. The van der Waals surface area contributed by atoms with E-state index in [0.29, 0.717) is 0 Å². The standard InChI is InChI=1S/2C28H23S.2ClH.Zr/c2*1-2-7-20-12-14-21(15-13-20)25-11-6-10-23-18-24(19-26(23)25)28-17-16-27(29-28)22-8-4-3-5-9-22;;;/h2*3-6,8-19H,2,7H2,1H3;2*1H;/q2*-1;;;+4/p-2. The molecule has 0 fully saturated rings. The van der Waals surface area contributed by atoms with Crippen molar-refractivity contribution in [2.45, 2.75) is 39.5 Å². The first-order valence-corrected chi connectivity index (χ1v) is 22.2. The molecule has 5 heteroatoms. The number of fused-ring (bicyclic) bond motifs is 2. The van der Waals surface area contributed by atoms with Gasteiger partial charge in [-0.1, -0.05) is 196 Å². The van der Waals surface area contributed by atoms with Gasteiger partial charge in [-0.3, -0.25) is 0 Å². The van der Waals surface area contributed by atoms with Crippen LogP contribution < -0.4 is 24.8 Å². The van der Waals surface area contributed by atoms with Crippen molar-refractivity contribution in [2.75, 3.05) is 0 Å². The number of hydrogen-bond acceptors (Lipinski definition) is 2. The largest absolute Gasteiger partial charge is 4.00 e. The van der Waals surface area contributed by atoms with Crippen LogP contribution in [-0.4, -0.2) is 0 Å². The fourth-order valence-electron chi connectivity index (χ4n) is 8.04. The quantitative estimate of drug-likeness (QED) is 0.120. The van der Waals surface area contributed by atoms with Gasteiger partial charge in [-0.05, 0) is 56.0 Å². The second kappa shape index (κ2) is 21.5. The van der Waals surface area contributed by atoms with Gasteiger partial charge in [-0.25, -0.2) is 0 Å². The summed E-state index contributed by atoms with van der Waals surface area (Å²) in [5, 5.41) is 5.29. The van der Waals surface area contributed by atoms with Gasteiger partial charge >= 0.3 is 26.2 Å². The third-order valence-corrected chi connectivity index (χ3v) is 13.4. The summed E-state index contributed by atoms with van der Waals surface area (Å²) in [5.74, 6) is 0. The molecule has 0 aliphatic rings. The van der Waals surface area contributed by atoms with Crippen molar-refractivity contribution in [1.29, 1.82) is 0 Å². The van der Waals surface area contributed by atoms with E-state index in [1.54, 1.807) is 0 Å². The molecule has 300 valence electrons. The molecule has 0 bridgehead atoms. The molecule has 0 unspecified atom stereocenters. The van der Waals surface area contributed by atoms with Gasteiger partial charge in [0.05, 0.1) is 0 Å². The molecule has 10 rings (SSSR count). The molecule has 10 aromatic rings. The summed E-state index contributed by atoms with van der Waals surface area (Å²) >= 11 is 3.73. The van der Waals surface area contributed by atoms with E-state index in [-0.39, 0.29) is 51.0 Å². The summed E-state index contributed by atoms with van der Waals surface area (Å²) in [6.45, 7) is 4.46. The molecule has 0 amide bonds. The number of benzene rings is 6. The summed E-state index contributed by atoms with van der Waals surface area (Å²) in [6.07, 6.45) is 4.67. The molecule has 0 saturated heterocycles. The first kappa shape index (κ1) is 45.9. The number of hydrogen-bond donors (Lipinski definition) is 0. The van der Waals surface area contributed by atoms with Gasteiger partial charge in [0, 0.05) is 9.75 Å². The third kappa shape index (κ3) is 10.4. The molecule has 0 nitrogen and oxygen atoms in total. The van der Waals surface area contributed by atoms with Crippen molar-refractivity contribution in [2.24, 2.45) is 0 Å². The van der Waals surface area contributed by atoms with E-state index in [0.717, 1.165) is 12.8 Å². The first-order valence-electron chi connectivity index (χ1n) is 20.5. The molecule has 8 aromatic carbocycles. The third-order valence-electron chi connectivity index (χ3n) is 11.0. The van der Waals surface area contributed by atoms with Gasteiger partial charge in [0.2, 0.25) is 0 Å². The van der Waals surface area contributed by atoms with Crippen molar-refractivity contribution in [3.63, 3.8) is 0 Å². The molecular formula is C56H46Cl2S2Zr. The van der Waals surface area contributed by atoms with Gasteiger partial charge in [-0.15, -0.1) is 69.1 Å². The van der Waals surface area contributed by atoms with Crippen LogP contribution in [0.1, 0.15) is 37.8 Å². The van der Waals surface area contributed by atoms with Crippen molar-refractivity contribution < 1.29 is 51.0 Å². The van der Waals surface area contributed by atoms with Crippen LogP contribution in [0, 0.1) is 0 Å². The predicted octanol–water partition coefficient (Wildman–Crippen LogP) is 11.2. The molecule has 0 aliphatic carbocycles. The second-order valence-corrected chi connectivity index (χ2v) is 17.2. The molecule has 0 radical (unpaired) electrons. The van der Waals surface area contributed by atoms with Crippen LogP contribution in [-0.2, 0) is 39.0 Å². The SMILES string of the molecule is CCCc1ccc(-c2cccc3[cH-]c(-c4ccc(-c5ccccc5)s4)cc23)cc1.CCCc1ccc(-c2cccc3[cH-]c(-c4ccc(-c5ccccc5)s4)cc23)cc1.[Cl-].[Cl-].[Zr+4]. The fourth-order valence-corrected chi connectivity index (χ4v) is 10.0. The van der Waals surface area contributed by atoms with E-state index in [2.05, 4.69) is 208 Å². The van der Waals surface area contributed by atoms with E-state index in [9.17, 15) is 0 Å². The second-order valence-electron chi connectivity index (χ2n) is 15.1. The molecule has 0 saturated carbocycles. The van der Waals surface area contributed by atoms with Crippen LogP contribution >= 0.6 is 22.7 Å². The Morgan fingerprint density at radius 1 is 0.377 bits per heavy atom. The molecule has 0 atom stereocenters. The van der Waals surface area contributed by atoms with Crippen molar-refractivity contribution in [3.8, 4) is 64.0 Å². The molecule has 61 heavy (non-hydrogen) atoms. The summed E-state index contributed by atoms with van der Waals surface area (Å²) in [7, 11) is 0. The van der Waals surface area contributed by atoms with Gasteiger partial charge in [0.15, 0.2) is 0 Å². The van der Waals surface area contributed by atoms with Crippen molar-refractivity contribution >= 4 is 44.2 Å². The topological polar surface area (TPSA) is 0 Å². The van der Waals surface area contributed by atoms with Crippen LogP contribution in [0.25, 0.3) is 85.6 Å².